The molecule has 7 atom stereocenters. The molecule has 23 heavy (non-hydrogen) atoms. The molecule has 4 heteroatoms. The molecule has 1 amide bonds. The van der Waals surface area contributed by atoms with Crippen LogP contribution in [0.15, 0.2) is 18.2 Å². The third kappa shape index (κ3) is 1.35. The van der Waals surface area contributed by atoms with Crippen LogP contribution in [0.5, 0.6) is 0 Å². The van der Waals surface area contributed by atoms with Crippen LogP contribution >= 0.6 is 0 Å². The number of nitrogens with zero attached hydrogens (tertiary/aromatic N) is 1. The van der Waals surface area contributed by atoms with Crippen LogP contribution in [0.2, 0.25) is 0 Å². The van der Waals surface area contributed by atoms with Crippen LogP contribution in [-0.2, 0) is 9.53 Å². The minimum atomic E-state index is -0.555. The van der Waals surface area contributed by atoms with Gasteiger partial charge in [0.25, 0.3) is 0 Å². The lowest BCUT2D eigenvalue weighted by molar-refractivity contribution is -0.133. The van der Waals surface area contributed by atoms with Gasteiger partial charge >= 0.3 is 0 Å². The van der Waals surface area contributed by atoms with Crippen molar-refractivity contribution in [2.75, 3.05) is 4.90 Å². The minimum absolute atomic E-state index is 0.0623. The van der Waals surface area contributed by atoms with E-state index in [-0.39, 0.29) is 29.8 Å². The van der Waals surface area contributed by atoms with Crippen LogP contribution < -0.4 is 4.90 Å². The second-order valence-corrected chi connectivity index (χ2v) is 7.80. The highest BCUT2D eigenvalue weighted by molar-refractivity contribution is 6.01. The Labute approximate surface area is 136 Å². The summed E-state index contributed by atoms with van der Waals surface area (Å²) in [6.45, 7) is 6.24. The first-order chi connectivity index (χ1) is 11.0. The number of anilines is 1. The quantitative estimate of drug-likeness (QED) is 0.912. The fraction of sp³-hybridized carbons (Fsp3) is 0.632. The Hall–Kier alpha value is -1.39. The molecule has 1 aromatic rings. The molecule has 2 saturated heterocycles. The van der Waals surface area contributed by atoms with E-state index in [0.29, 0.717) is 5.92 Å². The van der Waals surface area contributed by atoms with Gasteiger partial charge in [-0.3, -0.25) is 9.69 Å². The van der Waals surface area contributed by atoms with Crippen LogP contribution in [-0.4, -0.2) is 28.9 Å². The Balaban J connectivity index is 1.72. The molecule has 2 aliphatic heterocycles. The lowest BCUT2D eigenvalue weighted by Gasteiger charge is -2.39. The lowest BCUT2D eigenvalue weighted by Crippen LogP contribution is -2.51. The van der Waals surface area contributed by atoms with Gasteiger partial charge in [0.1, 0.15) is 0 Å². The first kappa shape index (κ1) is 14.0. The Morgan fingerprint density at radius 3 is 2.65 bits per heavy atom. The van der Waals surface area contributed by atoms with Crippen LogP contribution in [0.4, 0.5) is 5.69 Å². The van der Waals surface area contributed by atoms with E-state index in [0.717, 1.165) is 29.7 Å². The van der Waals surface area contributed by atoms with E-state index in [1.807, 2.05) is 11.0 Å². The average Bonchev–Trinajstić information content (AvgIpc) is 3.17. The number of fused-ring (bicyclic) bond motifs is 2. The highest BCUT2D eigenvalue weighted by Gasteiger charge is 2.78. The molecular weight excluding hydrogens is 290 g/mol. The van der Waals surface area contributed by atoms with Gasteiger partial charge in [-0.2, -0.15) is 0 Å². The SMILES string of the molecule is CC[C@]12O[C@@H]3[C@H](O)[C@H]4C[C@H]3[C@H]1[C@H]4C(=O)N2c1c(C)cccc1C. The fourth-order valence-corrected chi connectivity index (χ4v) is 6.22. The number of hydrogen-bond acceptors (Lipinski definition) is 3. The molecule has 4 nitrogen and oxygen atoms in total. The second kappa shape index (κ2) is 4.17. The van der Waals surface area contributed by atoms with Gasteiger partial charge in [0, 0.05) is 5.92 Å². The molecule has 0 aromatic heterocycles. The van der Waals surface area contributed by atoms with Crippen LogP contribution in [0.25, 0.3) is 0 Å². The molecular formula is C19H23NO3. The third-order valence-corrected chi connectivity index (χ3v) is 6.97. The van der Waals surface area contributed by atoms with E-state index in [4.69, 9.17) is 4.74 Å². The number of carbonyl (C=O) groups is 1. The molecule has 122 valence electrons. The van der Waals surface area contributed by atoms with Crippen molar-refractivity contribution in [3.8, 4) is 0 Å². The van der Waals surface area contributed by atoms with Crippen molar-refractivity contribution < 1.29 is 14.6 Å². The number of rotatable bonds is 2. The summed E-state index contributed by atoms with van der Waals surface area (Å²) in [7, 11) is 0. The summed E-state index contributed by atoms with van der Waals surface area (Å²) >= 11 is 0. The van der Waals surface area contributed by atoms with Crippen LogP contribution in [0, 0.1) is 37.5 Å². The van der Waals surface area contributed by atoms with E-state index in [2.05, 4.69) is 32.9 Å². The first-order valence-electron chi connectivity index (χ1n) is 8.77. The molecule has 2 aliphatic carbocycles. The number of benzene rings is 1. The molecule has 2 saturated carbocycles. The van der Waals surface area contributed by atoms with Crippen molar-refractivity contribution in [2.45, 2.75) is 51.5 Å². The average molecular weight is 313 g/mol. The van der Waals surface area contributed by atoms with Gasteiger partial charge in [0.2, 0.25) is 5.91 Å². The predicted octanol–water partition coefficient (Wildman–Crippen LogP) is 2.40. The zero-order chi connectivity index (χ0) is 16.1. The number of ether oxygens (including phenoxy) is 1. The maximum Gasteiger partial charge on any atom is 0.233 e. The molecule has 2 heterocycles. The van der Waals surface area contributed by atoms with Crippen molar-refractivity contribution in [3.05, 3.63) is 29.3 Å². The highest BCUT2D eigenvalue weighted by Crippen LogP contribution is 2.68. The lowest BCUT2D eigenvalue weighted by atomic mass is 9.76. The van der Waals surface area contributed by atoms with Gasteiger partial charge in [-0.25, -0.2) is 0 Å². The molecule has 0 radical (unpaired) electrons. The molecule has 5 rings (SSSR count). The van der Waals surface area contributed by atoms with Gasteiger partial charge in [0.05, 0.1) is 23.8 Å². The summed E-state index contributed by atoms with van der Waals surface area (Å²) in [5.74, 6) is 0.785. The second-order valence-electron chi connectivity index (χ2n) is 7.80. The van der Waals surface area contributed by atoms with Gasteiger partial charge in [-0.1, -0.05) is 25.1 Å². The molecule has 0 spiro atoms. The normalized spacial score (nSPS) is 46.3. The smallest absolute Gasteiger partial charge is 0.233 e. The van der Waals surface area contributed by atoms with Crippen molar-refractivity contribution in [2.24, 2.45) is 23.7 Å². The zero-order valence-electron chi connectivity index (χ0n) is 13.8. The first-order valence-corrected chi connectivity index (χ1v) is 8.77. The summed E-state index contributed by atoms with van der Waals surface area (Å²) in [6, 6.07) is 6.16. The Morgan fingerprint density at radius 2 is 2.00 bits per heavy atom. The summed E-state index contributed by atoms with van der Waals surface area (Å²) in [5, 5.41) is 10.5. The molecule has 2 bridgehead atoms. The number of para-hydroxylation sites is 1. The Kier molecular flexibility index (Phi) is 2.54. The van der Waals surface area contributed by atoms with Gasteiger partial charge in [-0.15, -0.1) is 0 Å². The van der Waals surface area contributed by atoms with E-state index >= 15 is 0 Å². The molecule has 0 unspecified atom stereocenters. The van der Waals surface area contributed by atoms with Gasteiger partial charge in [0.15, 0.2) is 5.72 Å². The molecule has 4 aliphatic rings. The number of hydrogen-bond donors (Lipinski definition) is 1. The fourth-order valence-electron chi connectivity index (χ4n) is 6.22. The highest BCUT2D eigenvalue weighted by atomic mass is 16.6. The van der Waals surface area contributed by atoms with E-state index < -0.39 is 11.8 Å². The molecule has 1 aromatic carbocycles. The van der Waals surface area contributed by atoms with Crippen LogP contribution in [0.1, 0.15) is 30.9 Å². The maximum absolute atomic E-state index is 13.4. The van der Waals surface area contributed by atoms with Crippen molar-refractivity contribution in [3.63, 3.8) is 0 Å². The van der Waals surface area contributed by atoms with E-state index in [9.17, 15) is 9.90 Å². The zero-order valence-corrected chi connectivity index (χ0v) is 13.8. The molecule has 1 N–H and O–H groups in total. The third-order valence-electron chi connectivity index (χ3n) is 6.97. The molecule has 4 fully saturated rings. The van der Waals surface area contributed by atoms with Gasteiger partial charge in [-0.05, 0) is 49.7 Å². The standard InChI is InChI=1S/C19H23NO3/c1-4-19-14-12-8-11(16(21)17(12)23-19)13(14)18(22)20(19)15-9(2)6-5-7-10(15)3/h5-7,11-14,16-17,21H,4,8H2,1-3H3/t11-,12-,13-,14-,16+,17-,19-/m0/s1. The van der Waals surface area contributed by atoms with Crippen LogP contribution in [0.3, 0.4) is 0 Å². The van der Waals surface area contributed by atoms with Crippen molar-refractivity contribution in [1.29, 1.82) is 0 Å². The number of aliphatic hydroxyl groups excluding tert-OH is 1. The predicted molar refractivity (Wildman–Crippen MR) is 85.9 cm³/mol. The number of aliphatic hydroxyl groups is 1. The minimum Gasteiger partial charge on any atom is -0.390 e. The number of carbonyl (C=O) groups excluding carboxylic acids is 1. The largest absolute Gasteiger partial charge is 0.390 e. The summed E-state index contributed by atoms with van der Waals surface area (Å²) in [6.07, 6.45) is 1.19. The Bertz CT molecular complexity index is 696. The monoisotopic (exact) mass is 313 g/mol. The van der Waals surface area contributed by atoms with E-state index in [1.54, 1.807) is 0 Å². The topological polar surface area (TPSA) is 49.8 Å². The van der Waals surface area contributed by atoms with Crippen molar-refractivity contribution >= 4 is 11.6 Å². The van der Waals surface area contributed by atoms with Gasteiger partial charge < -0.3 is 9.84 Å². The van der Waals surface area contributed by atoms with E-state index in [1.165, 1.54) is 0 Å². The summed E-state index contributed by atoms with van der Waals surface area (Å²) in [5.41, 5.74) is 2.70. The Morgan fingerprint density at radius 1 is 1.30 bits per heavy atom. The van der Waals surface area contributed by atoms with Crippen molar-refractivity contribution in [1.82, 2.24) is 0 Å². The number of amides is 1. The summed E-state index contributed by atoms with van der Waals surface area (Å²) in [4.78, 5) is 15.3. The summed E-state index contributed by atoms with van der Waals surface area (Å²) < 4.78 is 6.48. The maximum atomic E-state index is 13.4. The number of aryl methyl sites for hydroxylation is 2.